The van der Waals surface area contributed by atoms with Crippen LogP contribution in [-0.4, -0.2) is 78.3 Å². The molecule has 1 unspecified atom stereocenters. The molecule has 13 heteroatoms. The number of para-hydroxylation sites is 2. The summed E-state index contributed by atoms with van der Waals surface area (Å²) in [5.41, 5.74) is 3.53. The van der Waals surface area contributed by atoms with Gasteiger partial charge in [0, 0.05) is 41.1 Å². The van der Waals surface area contributed by atoms with Gasteiger partial charge in [0.25, 0.3) is 11.8 Å². The van der Waals surface area contributed by atoms with E-state index in [1.807, 2.05) is 115 Å². The highest BCUT2D eigenvalue weighted by Crippen LogP contribution is 2.60. The van der Waals surface area contributed by atoms with Crippen LogP contribution in [0.1, 0.15) is 54.5 Å². The van der Waals surface area contributed by atoms with Gasteiger partial charge in [-0.05, 0) is 86.9 Å². The zero-order chi connectivity index (χ0) is 40.9. The van der Waals surface area contributed by atoms with Gasteiger partial charge in [0.05, 0.1) is 43.2 Å². The van der Waals surface area contributed by atoms with E-state index in [1.54, 1.807) is 22.7 Å². The van der Waals surface area contributed by atoms with Crippen molar-refractivity contribution in [2.75, 3.05) is 41.1 Å². The maximum Gasteiger partial charge on any atom is 0.264 e. The van der Waals surface area contributed by atoms with E-state index in [2.05, 4.69) is 32.7 Å². The molecule has 0 bridgehead atoms. The lowest BCUT2D eigenvalue weighted by molar-refractivity contribution is -0.146. The number of nitrogens with zero attached hydrogens (tertiary/aromatic N) is 6. The Labute approximate surface area is 346 Å². The Hall–Kier alpha value is -5.21. The summed E-state index contributed by atoms with van der Waals surface area (Å²) in [5.74, 6) is -0.796. The summed E-state index contributed by atoms with van der Waals surface area (Å²) in [7, 11) is -3.37. The zero-order valence-corrected chi connectivity index (χ0v) is 34.9. The molecule has 306 valence electrons. The van der Waals surface area contributed by atoms with E-state index >= 15 is 4.11 Å². The van der Waals surface area contributed by atoms with Crippen LogP contribution in [0.5, 0.6) is 0 Å². The number of anilines is 3. The number of aliphatic hydroxyl groups excluding tert-OH is 1. The number of aromatic nitrogens is 3. The fourth-order valence-corrected chi connectivity index (χ4v) is 13.0. The van der Waals surface area contributed by atoms with Crippen molar-refractivity contribution >= 4 is 37.3 Å². The third-order valence-corrected chi connectivity index (χ3v) is 15.8. The molecule has 4 aromatic carbocycles. The van der Waals surface area contributed by atoms with Crippen molar-refractivity contribution < 1.29 is 23.5 Å². The fraction of sp³-hybridized carbons (Fsp3) is 0.391. The van der Waals surface area contributed by atoms with Crippen LogP contribution in [-0.2, 0) is 33.0 Å². The Balaban J connectivity index is 0.949. The average molecular weight is 814 g/mol. The number of nitrogens with one attached hydrogen (secondary N) is 1. The number of carbonyl (C=O) groups is 2. The minimum atomic E-state index is -3.37. The second-order valence-electron chi connectivity index (χ2n) is 17.1. The summed E-state index contributed by atoms with van der Waals surface area (Å²) in [6.45, 7) is 8.05. The highest BCUT2D eigenvalue weighted by atomic mass is 28.4. The maximum atomic E-state index is 16.5. The first-order chi connectivity index (χ1) is 28.5. The van der Waals surface area contributed by atoms with Crippen molar-refractivity contribution in [3.63, 3.8) is 0 Å². The Morgan fingerprint density at radius 2 is 1.58 bits per heavy atom. The van der Waals surface area contributed by atoms with Crippen LogP contribution in [0.25, 0.3) is 0 Å². The first kappa shape index (κ1) is 39.3. The van der Waals surface area contributed by atoms with Gasteiger partial charge < -0.3 is 29.1 Å². The maximum absolute atomic E-state index is 16.5. The molecule has 4 aliphatic rings. The van der Waals surface area contributed by atoms with Gasteiger partial charge in [0.15, 0.2) is 5.60 Å². The molecule has 0 saturated carbocycles. The number of hydrogen-bond acceptors (Lipinski definition) is 8. The largest absolute Gasteiger partial charge is 0.395 e. The molecule has 59 heavy (non-hydrogen) atoms. The monoisotopic (exact) mass is 813 g/mol. The summed E-state index contributed by atoms with van der Waals surface area (Å²) in [6, 6.07) is 35.6. The predicted molar refractivity (Wildman–Crippen MR) is 228 cm³/mol. The van der Waals surface area contributed by atoms with Crippen molar-refractivity contribution in [1.82, 2.24) is 20.3 Å². The summed E-state index contributed by atoms with van der Waals surface area (Å²) in [4.78, 5) is 35.2. The van der Waals surface area contributed by atoms with Gasteiger partial charge in [-0.2, -0.15) is 0 Å². The van der Waals surface area contributed by atoms with Gasteiger partial charge in [-0.15, -0.1) is 5.10 Å². The van der Waals surface area contributed by atoms with Crippen molar-refractivity contribution in [3.05, 3.63) is 138 Å². The molecule has 0 radical (unpaired) electrons. The van der Waals surface area contributed by atoms with E-state index < -0.39 is 37.1 Å². The number of piperidine rings is 1. The Bertz CT molecular complexity index is 2300. The molecule has 11 nitrogen and oxygen atoms in total. The van der Waals surface area contributed by atoms with E-state index in [4.69, 9.17) is 4.74 Å². The second-order valence-corrected chi connectivity index (χ2v) is 20.9. The third-order valence-electron chi connectivity index (χ3n) is 13.3. The van der Waals surface area contributed by atoms with Crippen LogP contribution in [0, 0.1) is 5.92 Å². The molecule has 9 rings (SSSR count). The first-order valence-corrected chi connectivity index (χ1v) is 23.8. The number of rotatable bonds is 11. The smallest absolute Gasteiger partial charge is 0.264 e. The molecule has 1 aromatic heterocycles. The number of carbonyl (C=O) groups excluding carboxylic acids is 2. The highest BCUT2D eigenvalue weighted by Gasteiger charge is 2.66. The molecule has 2 N–H and O–H groups in total. The van der Waals surface area contributed by atoms with Crippen molar-refractivity contribution in [2.24, 2.45) is 5.92 Å². The van der Waals surface area contributed by atoms with E-state index in [1.165, 1.54) is 0 Å². The topological polar surface area (TPSA) is 116 Å². The van der Waals surface area contributed by atoms with Crippen LogP contribution < -0.4 is 20.0 Å². The third kappa shape index (κ3) is 6.68. The molecule has 3 fully saturated rings. The lowest BCUT2D eigenvalue weighted by atomic mass is 9.82. The van der Waals surface area contributed by atoms with E-state index in [0.717, 1.165) is 59.7 Å². The van der Waals surface area contributed by atoms with E-state index in [9.17, 15) is 14.7 Å². The van der Waals surface area contributed by atoms with Crippen LogP contribution in [0.4, 0.5) is 21.2 Å². The molecule has 2 amide bonds. The molecule has 5 atom stereocenters. The summed E-state index contributed by atoms with van der Waals surface area (Å²) in [5, 5.41) is 22.4. The number of fused-ring (bicyclic) bond motifs is 2. The average Bonchev–Trinajstić information content (AvgIpc) is 3.98. The first-order valence-electron chi connectivity index (χ1n) is 20.8. The van der Waals surface area contributed by atoms with Crippen molar-refractivity contribution in [3.8, 4) is 0 Å². The van der Waals surface area contributed by atoms with Gasteiger partial charge >= 0.3 is 0 Å². The SMILES string of the molecule is C[C@H]1[C@H]([Si](C)(C)F)[C@@H](CCn2cc(C(CO)c3ccccc3)nn2)O[C@]12C(=O)N(Cc1ccc(N3CN(c4ccccc4)C4(CCNCC4)C3=O)cc1)c1ccccc12. The molecule has 5 aromatic rings. The predicted octanol–water partition coefficient (Wildman–Crippen LogP) is 6.75. The Morgan fingerprint density at radius 1 is 0.898 bits per heavy atom. The molecule has 2 spiro atoms. The summed E-state index contributed by atoms with van der Waals surface area (Å²) >= 11 is 0. The van der Waals surface area contributed by atoms with Crippen LogP contribution in [0.2, 0.25) is 18.6 Å². The lowest BCUT2D eigenvalue weighted by Gasteiger charge is -2.39. The van der Waals surface area contributed by atoms with Crippen LogP contribution >= 0.6 is 0 Å². The minimum absolute atomic E-state index is 0.106. The van der Waals surface area contributed by atoms with Crippen LogP contribution in [0.3, 0.4) is 0 Å². The number of hydrogen-bond donors (Lipinski definition) is 2. The summed E-state index contributed by atoms with van der Waals surface area (Å²) < 4.78 is 25.2. The normalized spacial score (nSPS) is 24.4. The van der Waals surface area contributed by atoms with Gasteiger partial charge in [-0.3, -0.25) is 19.2 Å². The molecule has 5 heterocycles. The standard InChI is InChI=1S/C46H52FN7O4Si/c1-32-42(59(2,3)47)41(22-27-51-29-39(49-50-51)37(30-55)34-12-6-4-7-13-34)58-46(32)38-16-10-11-17-40(38)52(44(46)57)28-33-18-20-35(21-19-33)53-31-54(36-14-8-5-9-15-36)45(43(53)56)23-25-48-26-24-45/h4-21,29,32,37,41-42,48,55H,22-28,30-31H2,1-3H3/t32-,37?,41+,42-,46+/m0/s1. The number of aryl methyl sites for hydroxylation is 1. The Morgan fingerprint density at radius 3 is 2.27 bits per heavy atom. The van der Waals surface area contributed by atoms with Gasteiger partial charge in [-0.25, -0.2) is 0 Å². The van der Waals surface area contributed by atoms with Gasteiger partial charge in [0.1, 0.15) is 5.54 Å². The quantitative estimate of drug-likeness (QED) is 0.111. The van der Waals surface area contributed by atoms with E-state index in [-0.39, 0.29) is 24.3 Å². The lowest BCUT2D eigenvalue weighted by Crippen LogP contribution is -2.55. The Kier molecular flexibility index (Phi) is 10.3. The molecular formula is C46H52FN7O4Si. The number of amides is 2. The molecule has 0 aliphatic carbocycles. The fourth-order valence-electron chi connectivity index (χ4n) is 10.5. The number of halogens is 1. The second kappa shape index (κ2) is 15.4. The molecular weight excluding hydrogens is 762 g/mol. The number of ether oxygens (including phenoxy) is 1. The summed E-state index contributed by atoms with van der Waals surface area (Å²) in [6.07, 6.45) is 3.22. The van der Waals surface area contributed by atoms with Crippen molar-refractivity contribution in [1.29, 1.82) is 0 Å². The van der Waals surface area contributed by atoms with Gasteiger partial charge in [-0.1, -0.05) is 91.0 Å². The van der Waals surface area contributed by atoms with Gasteiger partial charge in [0.2, 0.25) is 8.41 Å². The molecule has 3 saturated heterocycles. The number of aliphatic hydroxyl groups is 1. The molecule has 4 aliphatic heterocycles. The number of benzene rings is 4. The highest BCUT2D eigenvalue weighted by molar-refractivity contribution is 6.72. The zero-order valence-electron chi connectivity index (χ0n) is 33.9. The minimum Gasteiger partial charge on any atom is -0.395 e. The van der Waals surface area contributed by atoms with E-state index in [0.29, 0.717) is 31.9 Å². The van der Waals surface area contributed by atoms with Crippen molar-refractivity contribution in [2.45, 2.75) is 81.1 Å². The van der Waals surface area contributed by atoms with Crippen LogP contribution in [0.15, 0.2) is 115 Å².